The van der Waals surface area contributed by atoms with Crippen LogP contribution in [0.15, 0.2) is 22.7 Å². The Morgan fingerprint density at radius 1 is 1.47 bits per heavy atom. The molecular weight excluding hydrogens is 330 g/mol. The maximum absolute atomic E-state index is 11.7. The molecule has 1 aromatic carbocycles. The smallest absolute Gasteiger partial charge is 0.232 e. The van der Waals surface area contributed by atoms with Crippen LogP contribution in [0.5, 0.6) is 0 Å². The highest BCUT2D eigenvalue weighted by atomic mass is 79.9. The molecule has 0 aliphatic rings. The number of hydrogen-bond donors (Lipinski definition) is 1. The lowest BCUT2D eigenvalue weighted by atomic mass is 10.3. The van der Waals surface area contributed by atoms with Gasteiger partial charge in [-0.1, -0.05) is 11.6 Å². The third-order valence-corrected chi connectivity index (χ3v) is 4.21. The Morgan fingerprint density at radius 2 is 2.18 bits per heavy atom. The van der Waals surface area contributed by atoms with E-state index in [1.54, 1.807) is 18.2 Å². The first kappa shape index (κ1) is 14.8. The van der Waals surface area contributed by atoms with Gasteiger partial charge < -0.3 is 4.74 Å². The van der Waals surface area contributed by atoms with Crippen molar-refractivity contribution >= 4 is 43.2 Å². The van der Waals surface area contributed by atoms with Crippen molar-refractivity contribution in [2.24, 2.45) is 0 Å². The molecule has 0 aliphatic carbocycles. The van der Waals surface area contributed by atoms with Crippen molar-refractivity contribution in [3.63, 3.8) is 0 Å². The minimum Gasteiger partial charge on any atom is -0.385 e. The molecule has 0 spiro atoms. The number of hydrogen-bond acceptors (Lipinski definition) is 3. The van der Waals surface area contributed by atoms with Crippen molar-refractivity contribution in [2.75, 3.05) is 24.2 Å². The number of rotatable bonds is 6. The van der Waals surface area contributed by atoms with Crippen LogP contribution in [0.1, 0.15) is 6.42 Å². The third-order valence-electron chi connectivity index (χ3n) is 1.96. The van der Waals surface area contributed by atoms with Crippen LogP contribution < -0.4 is 4.72 Å². The van der Waals surface area contributed by atoms with E-state index in [-0.39, 0.29) is 5.75 Å². The summed E-state index contributed by atoms with van der Waals surface area (Å²) in [7, 11) is -1.81. The monoisotopic (exact) mass is 341 g/mol. The maximum atomic E-state index is 11.7. The fourth-order valence-corrected chi connectivity index (χ4v) is 3.21. The van der Waals surface area contributed by atoms with Crippen LogP contribution in [-0.4, -0.2) is 27.9 Å². The van der Waals surface area contributed by atoms with Gasteiger partial charge in [0, 0.05) is 23.2 Å². The lowest BCUT2D eigenvalue weighted by molar-refractivity contribution is 0.199. The van der Waals surface area contributed by atoms with Gasteiger partial charge in [0.1, 0.15) is 0 Å². The van der Waals surface area contributed by atoms with E-state index in [2.05, 4.69) is 20.7 Å². The Labute approximate surface area is 114 Å². The van der Waals surface area contributed by atoms with Gasteiger partial charge in [-0.2, -0.15) is 0 Å². The van der Waals surface area contributed by atoms with E-state index in [0.29, 0.717) is 28.2 Å². The molecule has 0 unspecified atom stereocenters. The quantitative estimate of drug-likeness (QED) is 0.809. The Kier molecular flexibility index (Phi) is 5.72. The van der Waals surface area contributed by atoms with Gasteiger partial charge in [-0.05, 0) is 40.5 Å². The Morgan fingerprint density at radius 3 is 2.76 bits per heavy atom. The van der Waals surface area contributed by atoms with E-state index in [9.17, 15) is 8.42 Å². The average molecular weight is 343 g/mol. The molecule has 0 fully saturated rings. The lowest BCUT2D eigenvalue weighted by Gasteiger charge is -2.09. The summed E-state index contributed by atoms with van der Waals surface area (Å²) in [4.78, 5) is 0. The molecule has 0 aliphatic heterocycles. The van der Waals surface area contributed by atoms with Crippen molar-refractivity contribution in [2.45, 2.75) is 6.42 Å². The van der Waals surface area contributed by atoms with Crippen LogP contribution >= 0.6 is 27.5 Å². The number of sulfonamides is 1. The molecule has 0 aromatic heterocycles. The second-order valence-electron chi connectivity index (χ2n) is 3.39. The molecule has 0 heterocycles. The first-order valence-electron chi connectivity index (χ1n) is 4.89. The van der Waals surface area contributed by atoms with Crippen LogP contribution in [0.2, 0.25) is 5.02 Å². The van der Waals surface area contributed by atoms with E-state index >= 15 is 0 Å². The summed E-state index contributed by atoms with van der Waals surface area (Å²) in [6.45, 7) is 0.419. The highest BCUT2D eigenvalue weighted by molar-refractivity contribution is 9.10. The molecule has 0 amide bonds. The van der Waals surface area contributed by atoms with Crippen LogP contribution in [0.25, 0.3) is 0 Å². The zero-order valence-corrected chi connectivity index (χ0v) is 12.4. The predicted molar refractivity (Wildman–Crippen MR) is 73.1 cm³/mol. The van der Waals surface area contributed by atoms with Crippen LogP contribution in [0.3, 0.4) is 0 Å². The summed E-state index contributed by atoms with van der Waals surface area (Å²) in [6, 6.07) is 4.87. The van der Waals surface area contributed by atoms with Gasteiger partial charge in [-0.3, -0.25) is 4.72 Å². The topological polar surface area (TPSA) is 55.4 Å². The minimum absolute atomic E-state index is 0.0237. The van der Waals surface area contributed by atoms with Gasteiger partial charge in [0.05, 0.1) is 11.4 Å². The molecule has 0 saturated carbocycles. The number of anilines is 1. The molecule has 0 saturated heterocycles. The molecule has 0 atom stereocenters. The lowest BCUT2D eigenvalue weighted by Crippen LogP contribution is -2.18. The second kappa shape index (κ2) is 6.58. The molecule has 7 heteroatoms. The van der Waals surface area contributed by atoms with E-state index in [4.69, 9.17) is 16.3 Å². The van der Waals surface area contributed by atoms with Gasteiger partial charge in [-0.15, -0.1) is 0 Å². The fourth-order valence-electron chi connectivity index (χ4n) is 1.18. The van der Waals surface area contributed by atoms with E-state index in [1.165, 1.54) is 7.11 Å². The number of methoxy groups -OCH3 is 1. The van der Waals surface area contributed by atoms with Gasteiger partial charge in [-0.25, -0.2) is 8.42 Å². The van der Waals surface area contributed by atoms with Crippen LogP contribution in [-0.2, 0) is 14.8 Å². The fraction of sp³-hybridized carbons (Fsp3) is 0.400. The Balaban J connectivity index is 2.69. The highest BCUT2D eigenvalue weighted by Gasteiger charge is 2.12. The van der Waals surface area contributed by atoms with Crippen LogP contribution in [0.4, 0.5) is 5.69 Å². The summed E-state index contributed by atoms with van der Waals surface area (Å²) in [5.74, 6) is 0.0237. The Bertz CT molecular complexity index is 478. The average Bonchev–Trinajstić information content (AvgIpc) is 2.22. The summed E-state index contributed by atoms with van der Waals surface area (Å²) in [5, 5.41) is 0.541. The molecule has 0 radical (unpaired) electrons. The zero-order chi connectivity index (χ0) is 12.9. The standard InChI is InChI=1S/C10H13BrClNO3S/c1-16-5-2-6-17(14,15)13-10-4-3-8(12)7-9(10)11/h3-4,7,13H,2,5-6H2,1H3. The first-order valence-corrected chi connectivity index (χ1v) is 7.71. The number of nitrogens with one attached hydrogen (secondary N) is 1. The molecule has 1 N–H and O–H groups in total. The third kappa shape index (κ3) is 5.25. The predicted octanol–water partition coefficient (Wildman–Crippen LogP) is 2.88. The second-order valence-corrected chi connectivity index (χ2v) is 6.52. The van der Waals surface area contributed by atoms with Gasteiger partial charge in [0.25, 0.3) is 0 Å². The van der Waals surface area contributed by atoms with E-state index < -0.39 is 10.0 Å². The molecule has 1 rings (SSSR count). The zero-order valence-electron chi connectivity index (χ0n) is 9.24. The minimum atomic E-state index is -3.35. The van der Waals surface area contributed by atoms with Crippen molar-refractivity contribution in [3.8, 4) is 0 Å². The molecule has 1 aromatic rings. The molecule has 0 bridgehead atoms. The summed E-state index contributed by atoms with van der Waals surface area (Å²) in [5.41, 5.74) is 0.479. The van der Waals surface area contributed by atoms with Crippen molar-refractivity contribution < 1.29 is 13.2 Å². The number of benzene rings is 1. The largest absolute Gasteiger partial charge is 0.385 e. The maximum Gasteiger partial charge on any atom is 0.232 e. The number of ether oxygens (including phenoxy) is 1. The highest BCUT2D eigenvalue weighted by Crippen LogP contribution is 2.26. The van der Waals surface area contributed by atoms with E-state index in [1.807, 2.05) is 0 Å². The molecule has 4 nitrogen and oxygen atoms in total. The summed E-state index contributed by atoms with van der Waals surface area (Å²) < 4.78 is 31.3. The molecule has 17 heavy (non-hydrogen) atoms. The summed E-state index contributed by atoms with van der Waals surface area (Å²) in [6.07, 6.45) is 0.455. The number of halogens is 2. The van der Waals surface area contributed by atoms with Crippen molar-refractivity contribution in [3.05, 3.63) is 27.7 Å². The van der Waals surface area contributed by atoms with E-state index in [0.717, 1.165) is 0 Å². The summed E-state index contributed by atoms with van der Waals surface area (Å²) >= 11 is 9.01. The SMILES string of the molecule is COCCCS(=O)(=O)Nc1ccc(Cl)cc1Br. The van der Waals surface area contributed by atoms with Gasteiger partial charge in [0.2, 0.25) is 10.0 Å². The van der Waals surface area contributed by atoms with Crippen molar-refractivity contribution in [1.82, 2.24) is 0 Å². The van der Waals surface area contributed by atoms with Crippen molar-refractivity contribution in [1.29, 1.82) is 0 Å². The normalized spacial score (nSPS) is 11.5. The van der Waals surface area contributed by atoms with Gasteiger partial charge in [0.15, 0.2) is 0 Å². The molecular formula is C10H13BrClNO3S. The molecule has 96 valence electrons. The first-order chi connectivity index (χ1) is 7.94. The van der Waals surface area contributed by atoms with Crippen LogP contribution in [0, 0.1) is 0 Å². The Hall–Kier alpha value is -0.300. The van der Waals surface area contributed by atoms with Gasteiger partial charge >= 0.3 is 0 Å².